The summed E-state index contributed by atoms with van der Waals surface area (Å²) in [5, 5.41) is 25.4. The predicted octanol–water partition coefficient (Wildman–Crippen LogP) is 3.51. The lowest BCUT2D eigenvalue weighted by Gasteiger charge is -2.24. The smallest absolute Gasteiger partial charge is 0.191 e. The molecule has 0 bridgehead atoms. The minimum absolute atomic E-state index is 0. The monoisotopic (exact) mass is 511 g/mol. The van der Waals surface area contributed by atoms with E-state index in [1.54, 1.807) is 18.3 Å². The molecule has 6 nitrogen and oxygen atoms in total. The van der Waals surface area contributed by atoms with Gasteiger partial charge in [0.05, 0.1) is 25.0 Å². The van der Waals surface area contributed by atoms with Crippen LogP contribution < -0.4 is 10.6 Å². The highest BCUT2D eigenvalue weighted by molar-refractivity contribution is 14.0. The van der Waals surface area contributed by atoms with Crippen molar-refractivity contribution in [3.63, 3.8) is 0 Å². The number of thiophene rings is 1. The molecule has 2 aromatic heterocycles. The van der Waals surface area contributed by atoms with Gasteiger partial charge in [-0.2, -0.15) is 16.4 Å². The summed E-state index contributed by atoms with van der Waals surface area (Å²) in [5.74, 6) is 0.667. The maximum Gasteiger partial charge on any atom is 0.191 e. The van der Waals surface area contributed by atoms with Crippen LogP contribution >= 0.6 is 35.3 Å². The summed E-state index contributed by atoms with van der Waals surface area (Å²) in [6.45, 7) is 5.44. The molecule has 0 saturated heterocycles. The minimum atomic E-state index is -0.950. The number of aliphatic hydroxyl groups is 1. The summed E-state index contributed by atoms with van der Waals surface area (Å²) in [7, 11) is 0. The largest absolute Gasteiger partial charge is 0.384 e. The third kappa shape index (κ3) is 6.05. The molecule has 0 aliphatic rings. The molecule has 0 saturated carbocycles. The van der Waals surface area contributed by atoms with Crippen LogP contribution in [0, 0.1) is 0 Å². The number of para-hydroxylation sites is 1. The Balaban J connectivity index is 0.00000280. The molecule has 3 N–H and O–H groups in total. The number of nitrogens with zero attached hydrogens (tertiary/aromatic N) is 3. The van der Waals surface area contributed by atoms with Crippen molar-refractivity contribution < 1.29 is 5.11 Å². The van der Waals surface area contributed by atoms with Crippen molar-refractivity contribution in [2.24, 2.45) is 4.99 Å². The number of rotatable bonds is 7. The van der Waals surface area contributed by atoms with Crippen LogP contribution in [-0.2, 0) is 12.1 Å². The van der Waals surface area contributed by atoms with Crippen LogP contribution in [0.1, 0.15) is 25.0 Å². The SMILES string of the molecule is CCNC(=NCc1cnn(-c2ccccc2)c1)NCC(C)(O)c1ccsc1.I. The number of hydrogen-bond donors (Lipinski definition) is 3. The van der Waals surface area contributed by atoms with Gasteiger partial charge in [-0.15, -0.1) is 24.0 Å². The van der Waals surface area contributed by atoms with Gasteiger partial charge in [-0.1, -0.05) is 18.2 Å². The number of benzene rings is 1. The van der Waals surface area contributed by atoms with Crippen molar-refractivity contribution >= 4 is 41.3 Å². The van der Waals surface area contributed by atoms with E-state index in [2.05, 4.69) is 20.7 Å². The number of halogens is 1. The molecule has 0 aliphatic heterocycles. The molecule has 28 heavy (non-hydrogen) atoms. The lowest BCUT2D eigenvalue weighted by atomic mass is 9.99. The van der Waals surface area contributed by atoms with Crippen LogP contribution in [0.15, 0.2) is 64.5 Å². The normalized spacial score (nSPS) is 13.5. The van der Waals surface area contributed by atoms with Crippen LogP contribution in [0.4, 0.5) is 0 Å². The molecule has 0 amide bonds. The van der Waals surface area contributed by atoms with Crippen molar-refractivity contribution in [2.75, 3.05) is 13.1 Å². The van der Waals surface area contributed by atoms with Crippen LogP contribution in [0.25, 0.3) is 5.69 Å². The van der Waals surface area contributed by atoms with E-state index in [-0.39, 0.29) is 24.0 Å². The van der Waals surface area contributed by atoms with E-state index in [1.807, 2.05) is 71.2 Å². The third-order valence-electron chi connectivity index (χ3n) is 4.16. The molecular weight excluding hydrogens is 485 g/mol. The van der Waals surface area contributed by atoms with Crippen molar-refractivity contribution in [1.82, 2.24) is 20.4 Å². The van der Waals surface area contributed by atoms with Gasteiger partial charge in [-0.05, 0) is 48.4 Å². The van der Waals surface area contributed by atoms with E-state index >= 15 is 0 Å². The van der Waals surface area contributed by atoms with Gasteiger partial charge in [-0.25, -0.2) is 9.67 Å². The van der Waals surface area contributed by atoms with Crippen LogP contribution in [-0.4, -0.2) is 33.9 Å². The van der Waals surface area contributed by atoms with Gasteiger partial charge in [0.1, 0.15) is 5.60 Å². The summed E-state index contributed by atoms with van der Waals surface area (Å²) >= 11 is 1.58. The third-order valence-corrected chi connectivity index (χ3v) is 4.85. The molecule has 2 heterocycles. The molecule has 150 valence electrons. The highest BCUT2D eigenvalue weighted by atomic mass is 127. The maximum atomic E-state index is 10.7. The van der Waals surface area contributed by atoms with Crippen molar-refractivity contribution in [2.45, 2.75) is 26.0 Å². The molecule has 0 aliphatic carbocycles. The number of hydrogen-bond acceptors (Lipinski definition) is 4. The second-order valence-corrected chi connectivity index (χ2v) is 7.24. The molecule has 0 spiro atoms. The molecule has 1 atom stereocenters. The lowest BCUT2D eigenvalue weighted by Crippen LogP contribution is -2.44. The average Bonchev–Trinajstić information content (AvgIpc) is 3.37. The minimum Gasteiger partial charge on any atom is -0.384 e. The van der Waals surface area contributed by atoms with Gasteiger partial charge < -0.3 is 15.7 Å². The summed E-state index contributed by atoms with van der Waals surface area (Å²) in [6, 6.07) is 11.9. The Kier molecular flexibility index (Phi) is 8.46. The Hall–Kier alpha value is -1.91. The summed E-state index contributed by atoms with van der Waals surface area (Å²) in [5.41, 5.74) is 1.99. The van der Waals surface area contributed by atoms with Gasteiger partial charge in [0, 0.05) is 18.3 Å². The first-order valence-corrected chi connectivity index (χ1v) is 9.89. The predicted molar refractivity (Wildman–Crippen MR) is 126 cm³/mol. The molecule has 1 aromatic carbocycles. The Morgan fingerprint density at radius 1 is 1.25 bits per heavy atom. The van der Waals surface area contributed by atoms with Crippen LogP contribution in [0.5, 0.6) is 0 Å². The van der Waals surface area contributed by atoms with E-state index in [4.69, 9.17) is 0 Å². The number of nitrogens with one attached hydrogen (secondary N) is 2. The van der Waals surface area contributed by atoms with Crippen molar-refractivity contribution in [3.05, 3.63) is 70.7 Å². The van der Waals surface area contributed by atoms with Gasteiger partial charge in [0.2, 0.25) is 0 Å². The molecular formula is C20H26IN5OS. The van der Waals surface area contributed by atoms with Crippen molar-refractivity contribution in [3.8, 4) is 5.69 Å². The van der Waals surface area contributed by atoms with E-state index in [9.17, 15) is 5.11 Å². The quantitative estimate of drug-likeness (QED) is 0.258. The first-order chi connectivity index (χ1) is 13.1. The van der Waals surface area contributed by atoms with Gasteiger partial charge in [-0.3, -0.25) is 0 Å². The molecule has 0 fully saturated rings. The molecule has 0 radical (unpaired) electrons. The summed E-state index contributed by atoms with van der Waals surface area (Å²) in [4.78, 5) is 4.61. The fraction of sp³-hybridized carbons (Fsp3) is 0.300. The second kappa shape index (κ2) is 10.6. The van der Waals surface area contributed by atoms with Crippen LogP contribution in [0.2, 0.25) is 0 Å². The van der Waals surface area contributed by atoms with E-state index in [0.717, 1.165) is 23.4 Å². The van der Waals surface area contributed by atoms with Gasteiger partial charge in [0.25, 0.3) is 0 Å². The number of guanidine groups is 1. The Bertz CT molecular complexity index is 862. The zero-order valence-electron chi connectivity index (χ0n) is 16.0. The Morgan fingerprint density at radius 3 is 2.71 bits per heavy atom. The van der Waals surface area contributed by atoms with Crippen molar-refractivity contribution in [1.29, 1.82) is 0 Å². The maximum absolute atomic E-state index is 10.7. The van der Waals surface area contributed by atoms with Gasteiger partial charge >= 0.3 is 0 Å². The Labute approximate surface area is 186 Å². The van der Waals surface area contributed by atoms with E-state index in [1.165, 1.54) is 0 Å². The van der Waals surface area contributed by atoms with E-state index < -0.39 is 5.60 Å². The van der Waals surface area contributed by atoms with Gasteiger partial charge in [0.15, 0.2) is 5.96 Å². The molecule has 3 rings (SSSR count). The first-order valence-electron chi connectivity index (χ1n) is 8.94. The number of aliphatic imine (C=N–C) groups is 1. The highest BCUT2D eigenvalue weighted by Crippen LogP contribution is 2.21. The molecule has 1 unspecified atom stereocenters. The zero-order valence-corrected chi connectivity index (χ0v) is 19.1. The number of aromatic nitrogens is 2. The summed E-state index contributed by atoms with van der Waals surface area (Å²) < 4.78 is 1.84. The highest BCUT2D eigenvalue weighted by Gasteiger charge is 2.23. The average molecular weight is 511 g/mol. The first kappa shape index (κ1) is 22.4. The van der Waals surface area contributed by atoms with E-state index in [0.29, 0.717) is 19.0 Å². The fourth-order valence-electron chi connectivity index (χ4n) is 2.60. The zero-order chi connectivity index (χ0) is 19.1. The van der Waals surface area contributed by atoms with Crippen LogP contribution in [0.3, 0.4) is 0 Å². The molecule has 8 heteroatoms. The fourth-order valence-corrected chi connectivity index (χ4v) is 3.39. The molecule has 3 aromatic rings. The summed E-state index contributed by atoms with van der Waals surface area (Å²) in [6.07, 6.45) is 3.80. The lowest BCUT2D eigenvalue weighted by molar-refractivity contribution is 0.0621. The Morgan fingerprint density at radius 2 is 2.04 bits per heavy atom. The topological polar surface area (TPSA) is 74.5 Å². The second-order valence-electron chi connectivity index (χ2n) is 6.46. The standard InChI is InChI=1S/C20H25N5OS.HI/c1-3-21-19(23-15-20(2,26)17-9-10-27-14-17)22-11-16-12-24-25(13-16)18-7-5-4-6-8-18;/h4-10,12-14,26H,3,11,15H2,1-2H3,(H2,21,22,23);1H.